The fourth-order valence-electron chi connectivity index (χ4n) is 3.73. The lowest BCUT2D eigenvalue weighted by Gasteiger charge is -2.25. The highest BCUT2D eigenvalue weighted by Crippen LogP contribution is 2.50. The lowest BCUT2D eigenvalue weighted by molar-refractivity contribution is -0.149. The van der Waals surface area contributed by atoms with E-state index in [4.69, 9.17) is 47.5 Å². The summed E-state index contributed by atoms with van der Waals surface area (Å²) in [5.74, 6) is -0.680. The van der Waals surface area contributed by atoms with Gasteiger partial charge >= 0.3 is 13.7 Å². The maximum atomic E-state index is 13.7. The number of aliphatic hydroxyl groups excluding tert-OH is 1. The third-order valence-electron chi connectivity index (χ3n) is 5.52. The number of esters is 1. The summed E-state index contributed by atoms with van der Waals surface area (Å²) in [5, 5.41) is 13.4. The maximum Gasteiger partial charge on any atom is 0.459 e. The van der Waals surface area contributed by atoms with Crippen molar-refractivity contribution in [1.82, 2.24) is 24.6 Å². The van der Waals surface area contributed by atoms with Gasteiger partial charge < -0.3 is 24.8 Å². The van der Waals surface area contributed by atoms with Crippen molar-refractivity contribution in [2.24, 2.45) is 0 Å². The molecule has 39 heavy (non-hydrogen) atoms. The molecule has 3 aromatic rings. The van der Waals surface area contributed by atoms with Crippen LogP contribution in [0.1, 0.15) is 27.0 Å². The van der Waals surface area contributed by atoms with Crippen LogP contribution in [0.25, 0.3) is 11.2 Å². The molecule has 0 radical (unpaired) electrons. The quantitative estimate of drug-likeness (QED) is 0.150. The normalized spacial score (nSPS) is 23.0. The largest absolute Gasteiger partial charge is 0.462 e. The monoisotopic (exact) mass is 604 g/mol. The van der Waals surface area contributed by atoms with Crippen LogP contribution < -0.4 is 20.9 Å². The number of carbonyl (C=O) groups excluding carboxylic acids is 1. The van der Waals surface area contributed by atoms with Crippen molar-refractivity contribution in [3.8, 4) is 5.75 Å². The number of nitrogen functional groups attached to an aromatic ring is 1. The van der Waals surface area contributed by atoms with Crippen LogP contribution in [0.15, 0.2) is 41.5 Å². The highest BCUT2D eigenvalue weighted by atomic mass is 35.5. The van der Waals surface area contributed by atoms with Gasteiger partial charge in [0.25, 0.3) is 5.56 Å². The molecule has 5 unspecified atom stereocenters. The molecule has 0 spiro atoms. The first-order chi connectivity index (χ1) is 18.3. The average Bonchev–Trinajstić information content (AvgIpc) is 3.36. The number of aromatic amines is 1. The van der Waals surface area contributed by atoms with Crippen LogP contribution in [0.3, 0.4) is 0 Å². The van der Waals surface area contributed by atoms with E-state index < -0.39 is 60.8 Å². The standard InChI is InChI=1S/C22H27Cl2N6O8P/c1-11(2)36-19(33)12(3)29-39(34,38-13-7-5-4-6-8-13)35-9-14-16(31)22(23,24)20(37-14)30-10-26-15-17(30)27-21(25)28-18(15)32/h4-8,10-12,14,16,20,31H,9H2,1-3H3,(H,29,34)(H3,25,27,28,32). The summed E-state index contributed by atoms with van der Waals surface area (Å²) in [7, 11) is -4.27. The van der Waals surface area contributed by atoms with E-state index in [1.165, 1.54) is 17.8 Å². The Kier molecular flexibility index (Phi) is 8.57. The third-order valence-corrected chi connectivity index (χ3v) is 7.98. The van der Waals surface area contributed by atoms with E-state index in [0.717, 1.165) is 0 Å². The molecule has 1 saturated heterocycles. The number of aromatic nitrogens is 4. The molecule has 5 atom stereocenters. The van der Waals surface area contributed by atoms with Crippen LogP contribution in [-0.4, -0.2) is 65.9 Å². The SMILES string of the molecule is CC(C)OC(=O)C(C)NP(=O)(OCC1OC(n2cnc3c(=O)[nH]c(N)nc32)C(Cl)(Cl)C1O)Oc1ccccc1. The number of halogens is 2. The number of carbonyl (C=O) groups is 1. The van der Waals surface area contributed by atoms with Gasteiger partial charge in [-0.3, -0.25) is 23.7 Å². The average molecular weight is 605 g/mol. The molecule has 4 rings (SSSR count). The second kappa shape index (κ2) is 11.4. The second-order valence-electron chi connectivity index (χ2n) is 8.96. The van der Waals surface area contributed by atoms with E-state index in [-0.39, 0.29) is 22.9 Å². The molecule has 3 heterocycles. The molecule has 17 heteroatoms. The molecule has 14 nitrogen and oxygen atoms in total. The number of alkyl halides is 2. The van der Waals surface area contributed by atoms with Gasteiger partial charge in [-0.25, -0.2) is 9.55 Å². The van der Waals surface area contributed by atoms with Crippen LogP contribution in [0.5, 0.6) is 5.75 Å². The number of ether oxygens (including phenoxy) is 2. The van der Waals surface area contributed by atoms with Crippen molar-refractivity contribution in [3.63, 3.8) is 0 Å². The lowest BCUT2D eigenvalue weighted by Crippen LogP contribution is -2.39. The molecule has 1 aliphatic rings. The van der Waals surface area contributed by atoms with E-state index in [1.54, 1.807) is 44.2 Å². The number of hydrogen-bond donors (Lipinski definition) is 4. The number of H-pyrrole nitrogens is 1. The van der Waals surface area contributed by atoms with Crippen LogP contribution in [0.4, 0.5) is 5.95 Å². The summed E-state index contributed by atoms with van der Waals surface area (Å²) >= 11 is 12.9. The minimum absolute atomic E-state index is 0.0120. The predicted octanol–water partition coefficient (Wildman–Crippen LogP) is 2.27. The molecule has 212 valence electrons. The van der Waals surface area contributed by atoms with Gasteiger partial charge in [0, 0.05) is 0 Å². The van der Waals surface area contributed by atoms with Gasteiger partial charge in [0.05, 0.1) is 19.0 Å². The van der Waals surface area contributed by atoms with Crippen molar-refractivity contribution in [2.45, 2.75) is 55.7 Å². The molecule has 0 aliphatic carbocycles. The summed E-state index contributed by atoms with van der Waals surface area (Å²) in [5.41, 5.74) is 5.01. The van der Waals surface area contributed by atoms with Crippen molar-refractivity contribution in [3.05, 3.63) is 47.0 Å². The molecule has 0 bridgehead atoms. The van der Waals surface area contributed by atoms with Gasteiger partial charge in [0.15, 0.2) is 21.7 Å². The highest BCUT2D eigenvalue weighted by Gasteiger charge is 2.56. The highest BCUT2D eigenvalue weighted by molar-refractivity contribution is 7.52. The number of aliphatic hydroxyl groups is 1. The van der Waals surface area contributed by atoms with Gasteiger partial charge in [-0.05, 0) is 32.9 Å². The molecule has 1 fully saturated rings. The number of imidazole rings is 1. The minimum Gasteiger partial charge on any atom is -0.462 e. The van der Waals surface area contributed by atoms with Crippen molar-refractivity contribution in [2.75, 3.05) is 12.3 Å². The first-order valence-electron chi connectivity index (χ1n) is 11.7. The number of nitrogens with two attached hydrogens (primary N) is 1. The Morgan fingerprint density at radius 3 is 2.69 bits per heavy atom. The van der Waals surface area contributed by atoms with Crippen LogP contribution in [-0.2, 0) is 23.4 Å². The molecule has 2 aromatic heterocycles. The fraction of sp³-hybridized carbons (Fsp3) is 0.455. The van der Waals surface area contributed by atoms with Gasteiger partial charge in [0.2, 0.25) is 5.95 Å². The van der Waals surface area contributed by atoms with Crippen LogP contribution in [0.2, 0.25) is 0 Å². The molecule has 5 N–H and O–H groups in total. The first-order valence-corrected chi connectivity index (χ1v) is 14.0. The zero-order valence-electron chi connectivity index (χ0n) is 21.0. The molecule has 1 aromatic carbocycles. The van der Waals surface area contributed by atoms with Crippen LogP contribution in [0, 0.1) is 0 Å². The summed E-state index contributed by atoms with van der Waals surface area (Å²) in [6.07, 6.45) is -3.31. The smallest absolute Gasteiger partial charge is 0.459 e. The number of hydrogen-bond acceptors (Lipinski definition) is 11. The molecule has 0 amide bonds. The van der Waals surface area contributed by atoms with Crippen molar-refractivity contribution in [1.29, 1.82) is 0 Å². The summed E-state index contributed by atoms with van der Waals surface area (Å²) in [6, 6.07) is 7.03. The van der Waals surface area contributed by atoms with E-state index >= 15 is 0 Å². The maximum absolute atomic E-state index is 13.7. The predicted molar refractivity (Wildman–Crippen MR) is 141 cm³/mol. The zero-order valence-corrected chi connectivity index (χ0v) is 23.4. The Morgan fingerprint density at radius 2 is 2.03 bits per heavy atom. The molecule has 1 aliphatic heterocycles. The second-order valence-corrected chi connectivity index (χ2v) is 12.1. The number of anilines is 1. The molecular formula is C22H27Cl2N6O8P. The van der Waals surface area contributed by atoms with Crippen molar-refractivity contribution < 1.29 is 33.0 Å². The minimum atomic E-state index is -4.27. The van der Waals surface area contributed by atoms with E-state index in [9.17, 15) is 19.3 Å². The van der Waals surface area contributed by atoms with Gasteiger partial charge in [-0.15, -0.1) is 0 Å². The summed E-state index contributed by atoms with van der Waals surface area (Å²) in [6.45, 7) is 4.23. The van der Waals surface area contributed by atoms with Gasteiger partial charge in [0.1, 0.15) is 24.0 Å². The van der Waals surface area contributed by atoms with E-state index in [2.05, 4.69) is 20.0 Å². The number of rotatable bonds is 10. The summed E-state index contributed by atoms with van der Waals surface area (Å²) < 4.78 is 35.2. The Balaban J connectivity index is 1.56. The number of benzene rings is 1. The van der Waals surface area contributed by atoms with E-state index in [1.807, 2.05) is 0 Å². The third kappa shape index (κ3) is 6.38. The van der Waals surface area contributed by atoms with Crippen molar-refractivity contribution >= 4 is 54.0 Å². The molecular weight excluding hydrogens is 578 g/mol. The fourth-order valence-corrected chi connectivity index (χ4v) is 5.82. The van der Waals surface area contributed by atoms with E-state index in [0.29, 0.717) is 0 Å². The lowest BCUT2D eigenvalue weighted by atomic mass is 10.2. The van der Waals surface area contributed by atoms with Gasteiger partial charge in [-0.1, -0.05) is 41.4 Å². The Morgan fingerprint density at radius 1 is 1.33 bits per heavy atom. The Hall–Kier alpha value is -2.71. The Bertz CT molecular complexity index is 1430. The van der Waals surface area contributed by atoms with Gasteiger partial charge in [-0.2, -0.15) is 10.1 Å². The number of nitrogens with zero attached hydrogens (tertiary/aromatic N) is 3. The molecule has 0 saturated carbocycles. The topological polar surface area (TPSA) is 193 Å². The first kappa shape index (κ1) is 29.3. The van der Waals surface area contributed by atoms with Crippen LogP contribution >= 0.6 is 30.9 Å². The Labute approximate surface area is 232 Å². The number of fused-ring (bicyclic) bond motifs is 1. The number of nitrogens with one attached hydrogen (secondary N) is 2. The summed E-state index contributed by atoms with van der Waals surface area (Å²) in [4.78, 5) is 34.9. The zero-order chi connectivity index (χ0) is 28.5. The number of para-hydroxylation sites is 1.